The van der Waals surface area contributed by atoms with Gasteiger partial charge in [0.2, 0.25) is 0 Å². The molecule has 0 aliphatic heterocycles. The predicted molar refractivity (Wildman–Crippen MR) is 91.6 cm³/mol. The Hall–Kier alpha value is -2.37. The topological polar surface area (TPSA) is 84.5 Å². The van der Waals surface area contributed by atoms with Crippen molar-refractivity contribution in [3.05, 3.63) is 35.4 Å². The normalized spacial score (nSPS) is 10.8. The number of aryl methyl sites for hydroxylation is 1. The maximum Gasteiger partial charge on any atom is 0.308 e. The molecule has 6 nitrogen and oxygen atoms in total. The molecule has 0 saturated carbocycles. The maximum absolute atomic E-state index is 12.0. The summed E-state index contributed by atoms with van der Waals surface area (Å²) in [4.78, 5) is 35.3. The monoisotopic (exact) mass is 334 g/mol. The van der Waals surface area contributed by atoms with Crippen LogP contribution in [0.4, 0.5) is 0 Å². The van der Waals surface area contributed by atoms with E-state index in [-0.39, 0.29) is 36.9 Å². The Balaban J connectivity index is 2.28. The Labute approximate surface area is 143 Å². The summed E-state index contributed by atoms with van der Waals surface area (Å²) < 4.78 is 4.90. The van der Waals surface area contributed by atoms with Crippen molar-refractivity contribution in [1.29, 1.82) is 0 Å². The second-order valence-corrected chi connectivity index (χ2v) is 6.27. The van der Waals surface area contributed by atoms with Crippen LogP contribution < -0.4 is 10.6 Å². The first-order valence-electron chi connectivity index (χ1n) is 8.05. The lowest BCUT2D eigenvalue weighted by atomic mass is 10.0. The van der Waals surface area contributed by atoms with Crippen molar-refractivity contribution < 1.29 is 19.1 Å². The lowest BCUT2D eigenvalue weighted by Gasteiger charge is -2.24. The molecular formula is C18H26N2O4. The van der Waals surface area contributed by atoms with Crippen LogP contribution in [0.3, 0.4) is 0 Å². The summed E-state index contributed by atoms with van der Waals surface area (Å²) in [7, 11) is 0. The highest BCUT2D eigenvalue weighted by Crippen LogP contribution is 2.07. The van der Waals surface area contributed by atoms with Crippen molar-refractivity contribution in [2.45, 2.75) is 46.1 Å². The van der Waals surface area contributed by atoms with Crippen molar-refractivity contribution in [3.63, 3.8) is 0 Å². The molecule has 2 N–H and O–H groups in total. The highest BCUT2D eigenvalue weighted by molar-refractivity contribution is 5.95. The molecule has 0 aliphatic carbocycles. The zero-order valence-corrected chi connectivity index (χ0v) is 14.8. The van der Waals surface area contributed by atoms with E-state index >= 15 is 0 Å². The summed E-state index contributed by atoms with van der Waals surface area (Å²) in [6, 6.07) is 7.21. The second-order valence-electron chi connectivity index (χ2n) is 6.27. The van der Waals surface area contributed by atoms with Gasteiger partial charge in [-0.3, -0.25) is 14.4 Å². The summed E-state index contributed by atoms with van der Waals surface area (Å²) in [5, 5.41) is 5.44. The van der Waals surface area contributed by atoms with Gasteiger partial charge >= 0.3 is 5.97 Å². The molecule has 2 amide bonds. The molecule has 0 bridgehead atoms. The van der Waals surface area contributed by atoms with Crippen LogP contribution in [0.15, 0.2) is 24.3 Å². The van der Waals surface area contributed by atoms with Crippen molar-refractivity contribution in [1.82, 2.24) is 10.6 Å². The Bertz CT molecular complexity index is 596. The van der Waals surface area contributed by atoms with Gasteiger partial charge in [-0.15, -0.1) is 0 Å². The Morgan fingerprint density at radius 3 is 2.46 bits per heavy atom. The van der Waals surface area contributed by atoms with E-state index in [1.807, 2.05) is 39.8 Å². The first-order valence-corrected chi connectivity index (χ1v) is 8.05. The summed E-state index contributed by atoms with van der Waals surface area (Å²) in [6.45, 7) is 7.45. The SMILES string of the molecule is CCC(C)(C)NC(=O)COC(=O)CCNC(=O)c1ccccc1C. The van der Waals surface area contributed by atoms with E-state index in [1.165, 1.54) is 0 Å². The van der Waals surface area contributed by atoms with Crippen LogP contribution >= 0.6 is 0 Å². The van der Waals surface area contributed by atoms with Crippen LogP contribution in [0.25, 0.3) is 0 Å². The fourth-order valence-electron chi connectivity index (χ4n) is 1.92. The van der Waals surface area contributed by atoms with Crippen molar-refractivity contribution in [3.8, 4) is 0 Å². The molecular weight excluding hydrogens is 308 g/mol. The van der Waals surface area contributed by atoms with Crippen LogP contribution in [-0.2, 0) is 14.3 Å². The summed E-state index contributed by atoms with van der Waals surface area (Å²) in [5.41, 5.74) is 1.12. The van der Waals surface area contributed by atoms with Gasteiger partial charge in [0.15, 0.2) is 6.61 Å². The van der Waals surface area contributed by atoms with Gasteiger partial charge < -0.3 is 15.4 Å². The average molecular weight is 334 g/mol. The van der Waals surface area contributed by atoms with Crippen LogP contribution in [0.5, 0.6) is 0 Å². The number of ether oxygens (including phenoxy) is 1. The van der Waals surface area contributed by atoms with Gasteiger partial charge in [0.05, 0.1) is 6.42 Å². The maximum atomic E-state index is 12.0. The van der Waals surface area contributed by atoms with E-state index in [4.69, 9.17) is 4.74 Å². The number of amides is 2. The number of rotatable bonds is 8. The number of benzene rings is 1. The quantitative estimate of drug-likeness (QED) is 0.712. The second kappa shape index (κ2) is 9.05. The number of carbonyl (C=O) groups is 3. The van der Waals surface area contributed by atoms with E-state index in [0.29, 0.717) is 5.56 Å². The molecule has 1 rings (SSSR count). The lowest BCUT2D eigenvalue weighted by Crippen LogP contribution is -2.44. The predicted octanol–water partition coefficient (Wildman–Crippen LogP) is 1.96. The third kappa shape index (κ3) is 6.81. The minimum absolute atomic E-state index is 0.0159. The van der Waals surface area contributed by atoms with Crippen LogP contribution in [0, 0.1) is 6.92 Å². The number of carbonyl (C=O) groups excluding carboxylic acids is 3. The molecule has 0 aromatic heterocycles. The highest BCUT2D eigenvalue weighted by atomic mass is 16.5. The van der Waals surface area contributed by atoms with E-state index in [9.17, 15) is 14.4 Å². The first kappa shape index (κ1) is 19.7. The molecule has 24 heavy (non-hydrogen) atoms. The minimum atomic E-state index is -0.524. The zero-order chi connectivity index (χ0) is 18.2. The van der Waals surface area contributed by atoms with Gasteiger partial charge in [-0.25, -0.2) is 0 Å². The molecule has 0 saturated heterocycles. The molecule has 0 heterocycles. The summed E-state index contributed by atoms with van der Waals surface area (Å²) in [6.07, 6.45) is 0.791. The number of hydrogen-bond donors (Lipinski definition) is 2. The molecule has 0 unspecified atom stereocenters. The van der Waals surface area contributed by atoms with Gasteiger partial charge in [0, 0.05) is 17.6 Å². The van der Waals surface area contributed by atoms with Gasteiger partial charge in [0.25, 0.3) is 11.8 Å². The third-order valence-electron chi connectivity index (χ3n) is 3.73. The minimum Gasteiger partial charge on any atom is -0.456 e. The van der Waals surface area contributed by atoms with Gasteiger partial charge in [-0.05, 0) is 38.8 Å². The fourth-order valence-corrected chi connectivity index (χ4v) is 1.92. The standard InChI is InChI=1S/C18H26N2O4/c1-5-18(3,4)20-15(21)12-24-16(22)10-11-19-17(23)14-9-7-6-8-13(14)2/h6-9H,5,10-12H2,1-4H3,(H,19,23)(H,20,21). The zero-order valence-electron chi connectivity index (χ0n) is 14.8. The van der Waals surface area contributed by atoms with Gasteiger partial charge in [0.1, 0.15) is 0 Å². The summed E-state index contributed by atoms with van der Waals surface area (Å²) in [5.74, 6) is -1.09. The molecule has 0 atom stereocenters. The summed E-state index contributed by atoms with van der Waals surface area (Å²) >= 11 is 0. The van der Waals surface area contributed by atoms with Crippen molar-refractivity contribution >= 4 is 17.8 Å². The number of nitrogens with one attached hydrogen (secondary N) is 2. The van der Waals surface area contributed by atoms with E-state index < -0.39 is 5.97 Å². The lowest BCUT2D eigenvalue weighted by molar-refractivity contribution is -0.148. The molecule has 1 aromatic rings. The van der Waals surface area contributed by atoms with Crippen LogP contribution in [0.1, 0.15) is 49.5 Å². The van der Waals surface area contributed by atoms with Crippen LogP contribution in [-0.4, -0.2) is 36.5 Å². The van der Waals surface area contributed by atoms with E-state index in [2.05, 4.69) is 10.6 Å². The highest BCUT2D eigenvalue weighted by Gasteiger charge is 2.18. The Morgan fingerprint density at radius 1 is 1.17 bits per heavy atom. The van der Waals surface area contributed by atoms with E-state index in [0.717, 1.165) is 12.0 Å². The molecule has 0 fully saturated rings. The molecule has 0 aliphatic rings. The number of esters is 1. The van der Waals surface area contributed by atoms with E-state index in [1.54, 1.807) is 12.1 Å². The molecule has 132 valence electrons. The first-order chi connectivity index (χ1) is 11.2. The van der Waals surface area contributed by atoms with Crippen molar-refractivity contribution in [2.24, 2.45) is 0 Å². The smallest absolute Gasteiger partial charge is 0.308 e. The van der Waals surface area contributed by atoms with Gasteiger partial charge in [-0.2, -0.15) is 0 Å². The Kier molecular flexibility index (Phi) is 7.42. The van der Waals surface area contributed by atoms with Gasteiger partial charge in [-0.1, -0.05) is 25.1 Å². The average Bonchev–Trinajstić information content (AvgIpc) is 2.53. The molecule has 6 heteroatoms. The largest absolute Gasteiger partial charge is 0.456 e. The molecule has 0 radical (unpaired) electrons. The number of hydrogen-bond acceptors (Lipinski definition) is 4. The Morgan fingerprint density at radius 2 is 1.83 bits per heavy atom. The van der Waals surface area contributed by atoms with Crippen LogP contribution in [0.2, 0.25) is 0 Å². The third-order valence-corrected chi connectivity index (χ3v) is 3.73. The molecule has 1 aromatic carbocycles. The molecule has 0 spiro atoms. The van der Waals surface area contributed by atoms with Crippen molar-refractivity contribution in [2.75, 3.05) is 13.2 Å². The fraction of sp³-hybridized carbons (Fsp3) is 0.500.